The van der Waals surface area contributed by atoms with E-state index in [-0.39, 0.29) is 0 Å². The third-order valence-electron chi connectivity index (χ3n) is 3.68. The molecule has 0 saturated carbocycles. The Kier molecular flexibility index (Phi) is 4.74. The number of fused-ring (bicyclic) bond motifs is 1. The van der Waals surface area contributed by atoms with E-state index in [2.05, 4.69) is 47.8 Å². The molecule has 0 amide bonds. The standard InChI is InChI=1S/C18H21NO2/c1-2-6-15(7-3-1)8-4-5-11-19-13-16-9-10-17-18(12-16)21-14-20-17/h1-3,6-7,9-10,12,19H,4-5,8,11,13-14H2. The van der Waals surface area contributed by atoms with Crippen LogP contribution in [0, 0.1) is 0 Å². The van der Waals surface area contributed by atoms with Crippen molar-refractivity contribution >= 4 is 0 Å². The average molecular weight is 283 g/mol. The van der Waals surface area contributed by atoms with Crippen molar-refractivity contribution in [2.45, 2.75) is 25.8 Å². The molecule has 0 unspecified atom stereocenters. The minimum atomic E-state index is 0.339. The summed E-state index contributed by atoms with van der Waals surface area (Å²) in [7, 11) is 0. The van der Waals surface area contributed by atoms with E-state index in [1.54, 1.807) is 0 Å². The first-order valence-corrected chi connectivity index (χ1v) is 7.55. The third-order valence-corrected chi connectivity index (χ3v) is 3.68. The summed E-state index contributed by atoms with van der Waals surface area (Å²) in [5, 5.41) is 3.48. The first-order chi connectivity index (χ1) is 10.4. The summed E-state index contributed by atoms with van der Waals surface area (Å²) in [6.45, 7) is 2.26. The lowest BCUT2D eigenvalue weighted by Gasteiger charge is -2.06. The first-order valence-electron chi connectivity index (χ1n) is 7.55. The Labute approximate surface area is 125 Å². The molecular formula is C18H21NO2. The van der Waals surface area contributed by atoms with E-state index in [0.717, 1.165) is 31.0 Å². The van der Waals surface area contributed by atoms with Gasteiger partial charge in [-0.1, -0.05) is 36.4 Å². The largest absolute Gasteiger partial charge is 0.454 e. The molecule has 0 aliphatic carbocycles. The van der Waals surface area contributed by atoms with Gasteiger partial charge in [0, 0.05) is 6.54 Å². The van der Waals surface area contributed by atoms with Crippen LogP contribution in [0.4, 0.5) is 0 Å². The molecule has 0 aromatic heterocycles. The van der Waals surface area contributed by atoms with Crippen molar-refractivity contribution < 1.29 is 9.47 Å². The Morgan fingerprint density at radius 3 is 2.62 bits per heavy atom. The van der Waals surface area contributed by atoms with Crippen LogP contribution in [0.3, 0.4) is 0 Å². The number of rotatable bonds is 7. The number of hydrogen-bond donors (Lipinski definition) is 1. The fourth-order valence-electron chi connectivity index (χ4n) is 2.51. The topological polar surface area (TPSA) is 30.5 Å². The SMILES string of the molecule is c1ccc(CCCCNCc2ccc3c(c2)OCO3)cc1. The summed E-state index contributed by atoms with van der Waals surface area (Å²) in [6.07, 6.45) is 3.57. The van der Waals surface area contributed by atoms with E-state index in [1.807, 2.05) is 6.07 Å². The molecular weight excluding hydrogens is 262 g/mol. The van der Waals surface area contributed by atoms with Gasteiger partial charge in [-0.2, -0.15) is 0 Å². The second-order valence-electron chi connectivity index (χ2n) is 5.31. The summed E-state index contributed by atoms with van der Waals surface area (Å²) in [4.78, 5) is 0. The van der Waals surface area contributed by atoms with Crippen LogP contribution < -0.4 is 14.8 Å². The predicted molar refractivity (Wildman–Crippen MR) is 83.7 cm³/mol. The molecule has 110 valence electrons. The average Bonchev–Trinajstić information content (AvgIpc) is 2.99. The van der Waals surface area contributed by atoms with Gasteiger partial charge in [0.15, 0.2) is 11.5 Å². The Morgan fingerprint density at radius 2 is 1.71 bits per heavy atom. The lowest BCUT2D eigenvalue weighted by Crippen LogP contribution is -2.14. The van der Waals surface area contributed by atoms with Crippen LogP contribution in [0.5, 0.6) is 11.5 Å². The summed E-state index contributed by atoms with van der Waals surface area (Å²) in [6, 6.07) is 16.8. The van der Waals surface area contributed by atoms with E-state index in [0.29, 0.717) is 6.79 Å². The summed E-state index contributed by atoms with van der Waals surface area (Å²) in [5.74, 6) is 1.71. The quantitative estimate of drug-likeness (QED) is 0.789. The molecule has 2 aromatic carbocycles. The smallest absolute Gasteiger partial charge is 0.231 e. The molecule has 0 atom stereocenters. The molecule has 21 heavy (non-hydrogen) atoms. The number of nitrogens with one attached hydrogen (secondary N) is 1. The normalized spacial score (nSPS) is 12.6. The van der Waals surface area contributed by atoms with E-state index in [9.17, 15) is 0 Å². The number of aryl methyl sites for hydroxylation is 1. The molecule has 3 heteroatoms. The minimum Gasteiger partial charge on any atom is -0.454 e. The number of ether oxygens (including phenoxy) is 2. The summed E-state index contributed by atoms with van der Waals surface area (Å²) >= 11 is 0. The maximum Gasteiger partial charge on any atom is 0.231 e. The molecule has 0 bridgehead atoms. The van der Waals surface area contributed by atoms with Gasteiger partial charge in [-0.15, -0.1) is 0 Å². The van der Waals surface area contributed by atoms with Gasteiger partial charge in [-0.25, -0.2) is 0 Å². The minimum absolute atomic E-state index is 0.339. The van der Waals surface area contributed by atoms with Crippen LogP contribution in [-0.2, 0) is 13.0 Å². The predicted octanol–water partition coefficient (Wildman–Crippen LogP) is 3.53. The van der Waals surface area contributed by atoms with Crippen molar-refractivity contribution in [2.24, 2.45) is 0 Å². The van der Waals surface area contributed by atoms with Gasteiger partial charge in [0.1, 0.15) is 0 Å². The summed E-state index contributed by atoms with van der Waals surface area (Å²) < 4.78 is 10.7. The molecule has 0 radical (unpaired) electrons. The van der Waals surface area contributed by atoms with Crippen LogP contribution in [-0.4, -0.2) is 13.3 Å². The van der Waals surface area contributed by atoms with E-state index in [4.69, 9.17) is 9.47 Å². The van der Waals surface area contributed by atoms with Crippen molar-refractivity contribution in [3.8, 4) is 11.5 Å². The van der Waals surface area contributed by atoms with Crippen LogP contribution in [0.15, 0.2) is 48.5 Å². The lowest BCUT2D eigenvalue weighted by atomic mass is 10.1. The monoisotopic (exact) mass is 283 g/mol. The molecule has 1 N–H and O–H groups in total. The molecule has 1 aliphatic heterocycles. The molecule has 0 fully saturated rings. The highest BCUT2D eigenvalue weighted by Crippen LogP contribution is 2.32. The van der Waals surface area contributed by atoms with Gasteiger partial charge in [0.25, 0.3) is 0 Å². The molecule has 2 aromatic rings. The van der Waals surface area contributed by atoms with Crippen LogP contribution in [0.2, 0.25) is 0 Å². The second-order valence-corrected chi connectivity index (χ2v) is 5.31. The zero-order valence-electron chi connectivity index (χ0n) is 12.2. The van der Waals surface area contributed by atoms with Gasteiger partial charge < -0.3 is 14.8 Å². The first kappa shape index (κ1) is 14.0. The molecule has 3 rings (SSSR count). The second kappa shape index (κ2) is 7.14. The van der Waals surface area contributed by atoms with Crippen molar-refractivity contribution in [1.82, 2.24) is 5.32 Å². The third kappa shape index (κ3) is 3.99. The van der Waals surface area contributed by atoms with Crippen LogP contribution >= 0.6 is 0 Å². The fourth-order valence-corrected chi connectivity index (χ4v) is 2.51. The highest BCUT2D eigenvalue weighted by Gasteiger charge is 2.12. The Balaban J connectivity index is 1.33. The molecule has 0 spiro atoms. The molecule has 3 nitrogen and oxygen atoms in total. The zero-order chi connectivity index (χ0) is 14.3. The van der Waals surface area contributed by atoms with Crippen LogP contribution in [0.1, 0.15) is 24.0 Å². The molecule has 1 heterocycles. The highest BCUT2D eigenvalue weighted by atomic mass is 16.7. The van der Waals surface area contributed by atoms with Crippen LogP contribution in [0.25, 0.3) is 0 Å². The van der Waals surface area contributed by atoms with Gasteiger partial charge in [-0.05, 0) is 49.1 Å². The highest BCUT2D eigenvalue weighted by molar-refractivity contribution is 5.44. The van der Waals surface area contributed by atoms with Gasteiger partial charge >= 0.3 is 0 Å². The summed E-state index contributed by atoms with van der Waals surface area (Å²) in [5.41, 5.74) is 2.66. The van der Waals surface area contributed by atoms with E-state index in [1.165, 1.54) is 24.0 Å². The number of hydrogen-bond acceptors (Lipinski definition) is 3. The van der Waals surface area contributed by atoms with Gasteiger partial charge in [-0.3, -0.25) is 0 Å². The van der Waals surface area contributed by atoms with Crippen molar-refractivity contribution in [2.75, 3.05) is 13.3 Å². The number of benzene rings is 2. The Hall–Kier alpha value is -2.00. The maximum absolute atomic E-state index is 5.38. The Morgan fingerprint density at radius 1 is 0.857 bits per heavy atom. The Bertz CT molecular complexity index is 569. The maximum atomic E-state index is 5.38. The molecule has 1 aliphatic rings. The van der Waals surface area contributed by atoms with Gasteiger partial charge in [0.2, 0.25) is 6.79 Å². The fraction of sp³-hybridized carbons (Fsp3) is 0.333. The van der Waals surface area contributed by atoms with Gasteiger partial charge in [0.05, 0.1) is 0 Å². The lowest BCUT2D eigenvalue weighted by molar-refractivity contribution is 0.174. The van der Waals surface area contributed by atoms with Crippen molar-refractivity contribution in [1.29, 1.82) is 0 Å². The molecule has 0 saturated heterocycles. The van der Waals surface area contributed by atoms with Crippen molar-refractivity contribution in [3.05, 3.63) is 59.7 Å². The number of unbranched alkanes of at least 4 members (excludes halogenated alkanes) is 1. The zero-order valence-corrected chi connectivity index (χ0v) is 12.2. The van der Waals surface area contributed by atoms with E-state index >= 15 is 0 Å². The van der Waals surface area contributed by atoms with E-state index < -0.39 is 0 Å². The van der Waals surface area contributed by atoms with Crippen molar-refractivity contribution in [3.63, 3.8) is 0 Å².